The first-order chi connectivity index (χ1) is 8.82. The van der Waals surface area contributed by atoms with E-state index >= 15 is 0 Å². The number of carbonyl (C=O) groups is 1. The standard InChI is InChI=1S/C16H25NO2/c1-11(2)14-6-8-15(9-7-14)13(4)17(5)12(3)10-16(18)19/h6-9,11-13H,10H2,1-5H3,(H,18,19). The normalized spacial score (nSPS) is 14.7. The largest absolute Gasteiger partial charge is 0.481 e. The van der Waals surface area contributed by atoms with Gasteiger partial charge in [-0.15, -0.1) is 0 Å². The van der Waals surface area contributed by atoms with Crippen LogP contribution in [0.4, 0.5) is 0 Å². The van der Waals surface area contributed by atoms with Crippen LogP contribution in [0.25, 0.3) is 0 Å². The summed E-state index contributed by atoms with van der Waals surface area (Å²) in [5.74, 6) is -0.213. The molecule has 1 aromatic rings. The molecule has 0 fully saturated rings. The minimum absolute atomic E-state index is 0.0253. The number of benzene rings is 1. The van der Waals surface area contributed by atoms with Crippen molar-refractivity contribution in [2.24, 2.45) is 0 Å². The van der Waals surface area contributed by atoms with Crippen LogP contribution in [0.15, 0.2) is 24.3 Å². The van der Waals surface area contributed by atoms with Crippen molar-refractivity contribution in [3.63, 3.8) is 0 Å². The summed E-state index contributed by atoms with van der Waals surface area (Å²) in [5.41, 5.74) is 2.56. The predicted molar refractivity (Wildman–Crippen MR) is 78.4 cm³/mol. The fourth-order valence-corrected chi connectivity index (χ4v) is 2.17. The predicted octanol–water partition coefficient (Wildman–Crippen LogP) is 3.67. The monoisotopic (exact) mass is 263 g/mol. The Hall–Kier alpha value is -1.35. The second-order valence-corrected chi connectivity index (χ2v) is 5.61. The molecule has 3 nitrogen and oxygen atoms in total. The van der Waals surface area contributed by atoms with Gasteiger partial charge in [0.05, 0.1) is 6.42 Å². The molecule has 1 rings (SSSR count). The molecule has 106 valence electrons. The van der Waals surface area contributed by atoms with E-state index in [4.69, 9.17) is 5.11 Å². The van der Waals surface area contributed by atoms with Crippen LogP contribution in [0.2, 0.25) is 0 Å². The molecule has 19 heavy (non-hydrogen) atoms. The average Bonchev–Trinajstić information content (AvgIpc) is 2.36. The second-order valence-electron chi connectivity index (χ2n) is 5.61. The molecule has 0 spiro atoms. The van der Waals surface area contributed by atoms with Gasteiger partial charge in [-0.05, 0) is 37.9 Å². The summed E-state index contributed by atoms with van der Waals surface area (Å²) in [4.78, 5) is 12.9. The van der Waals surface area contributed by atoms with E-state index in [-0.39, 0.29) is 18.5 Å². The Morgan fingerprint density at radius 1 is 1.11 bits per heavy atom. The summed E-state index contributed by atoms with van der Waals surface area (Å²) in [6.07, 6.45) is 0.172. The van der Waals surface area contributed by atoms with Crippen LogP contribution in [0.5, 0.6) is 0 Å². The topological polar surface area (TPSA) is 40.5 Å². The lowest BCUT2D eigenvalue weighted by Gasteiger charge is -2.30. The molecular formula is C16H25NO2. The molecule has 0 aliphatic heterocycles. The van der Waals surface area contributed by atoms with Gasteiger partial charge in [-0.1, -0.05) is 38.1 Å². The molecule has 0 saturated carbocycles. The van der Waals surface area contributed by atoms with Crippen LogP contribution in [-0.2, 0) is 4.79 Å². The van der Waals surface area contributed by atoms with Crippen molar-refractivity contribution in [1.29, 1.82) is 0 Å². The van der Waals surface area contributed by atoms with E-state index in [2.05, 4.69) is 49.9 Å². The first-order valence-corrected chi connectivity index (χ1v) is 6.86. The Morgan fingerprint density at radius 3 is 2.00 bits per heavy atom. The smallest absolute Gasteiger partial charge is 0.304 e. The van der Waals surface area contributed by atoms with Crippen molar-refractivity contribution in [3.8, 4) is 0 Å². The molecule has 0 aliphatic rings. The third-order valence-electron chi connectivity index (χ3n) is 3.86. The van der Waals surface area contributed by atoms with E-state index in [1.165, 1.54) is 11.1 Å². The fourth-order valence-electron chi connectivity index (χ4n) is 2.17. The van der Waals surface area contributed by atoms with Gasteiger partial charge in [-0.2, -0.15) is 0 Å². The molecule has 1 N–H and O–H groups in total. The van der Waals surface area contributed by atoms with Gasteiger partial charge in [-0.25, -0.2) is 0 Å². The van der Waals surface area contributed by atoms with Crippen LogP contribution in [0.1, 0.15) is 57.2 Å². The zero-order valence-corrected chi connectivity index (χ0v) is 12.6. The highest BCUT2D eigenvalue weighted by Crippen LogP contribution is 2.24. The van der Waals surface area contributed by atoms with E-state index in [0.29, 0.717) is 5.92 Å². The number of nitrogens with zero attached hydrogens (tertiary/aromatic N) is 1. The Morgan fingerprint density at radius 2 is 1.58 bits per heavy atom. The summed E-state index contributed by atoms with van der Waals surface area (Å²) in [5, 5.41) is 8.86. The Bertz CT molecular complexity index is 411. The summed E-state index contributed by atoms with van der Waals surface area (Å²) >= 11 is 0. The maximum absolute atomic E-state index is 10.8. The molecule has 2 atom stereocenters. The van der Waals surface area contributed by atoms with Crippen LogP contribution in [0.3, 0.4) is 0 Å². The number of aliphatic carboxylic acids is 1. The molecule has 3 heteroatoms. The van der Waals surface area contributed by atoms with E-state index in [1.807, 2.05) is 14.0 Å². The molecule has 0 amide bonds. The molecular weight excluding hydrogens is 238 g/mol. The van der Waals surface area contributed by atoms with Gasteiger partial charge in [0.25, 0.3) is 0 Å². The van der Waals surface area contributed by atoms with Gasteiger partial charge in [0.1, 0.15) is 0 Å². The zero-order valence-electron chi connectivity index (χ0n) is 12.6. The first kappa shape index (κ1) is 15.7. The molecule has 0 aliphatic carbocycles. The van der Waals surface area contributed by atoms with Crippen molar-refractivity contribution in [1.82, 2.24) is 4.90 Å². The molecule has 0 radical (unpaired) electrons. The van der Waals surface area contributed by atoms with Crippen molar-refractivity contribution < 1.29 is 9.90 Å². The van der Waals surface area contributed by atoms with Crippen LogP contribution in [-0.4, -0.2) is 29.1 Å². The minimum Gasteiger partial charge on any atom is -0.481 e. The van der Waals surface area contributed by atoms with E-state index < -0.39 is 5.97 Å². The van der Waals surface area contributed by atoms with Gasteiger partial charge in [-0.3, -0.25) is 9.69 Å². The number of rotatable bonds is 6. The highest BCUT2D eigenvalue weighted by molar-refractivity contribution is 5.67. The molecule has 0 aromatic heterocycles. The maximum Gasteiger partial charge on any atom is 0.304 e. The lowest BCUT2D eigenvalue weighted by Crippen LogP contribution is -2.33. The fraction of sp³-hybridized carbons (Fsp3) is 0.562. The molecule has 1 aromatic carbocycles. The Balaban J connectivity index is 2.76. The third-order valence-corrected chi connectivity index (χ3v) is 3.86. The van der Waals surface area contributed by atoms with Crippen LogP contribution < -0.4 is 0 Å². The van der Waals surface area contributed by atoms with Crippen molar-refractivity contribution in [3.05, 3.63) is 35.4 Å². The number of carboxylic acid groups (broad SMARTS) is 1. The molecule has 0 bridgehead atoms. The number of hydrogen-bond acceptors (Lipinski definition) is 2. The summed E-state index contributed by atoms with van der Waals surface area (Å²) in [6.45, 7) is 8.43. The first-order valence-electron chi connectivity index (χ1n) is 6.86. The van der Waals surface area contributed by atoms with E-state index in [9.17, 15) is 4.79 Å². The van der Waals surface area contributed by atoms with Crippen LogP contribution >= 0.6 is 0 Å². The molecule has 0 saturated heterocycles. The summed E-state index contributed by atoms with van der Waals surface area (Å²) in [7, 11) is 1.98. The third kappa shape index (κ3) is 4.35. The Kier molecular flexibility index (Phi) is 5.55. The van der Waals surface area contributed by atoms with Gasteiger partial charge >= 0.3 is 5.97 Å². The average molecular weight is 263 g/mol. The zero-order chi connectivity index (χ0) is 14.6. The van der Waals surface area contributed by atoms with Gasteiger partial charge in [0.2, 0.25) is 0 Å². The number of carboxylic acids is 1. The summed E-state index contributed by atoms with van der Waals surface area (Å²) < 4.78 is 0. The highest BCUT2D eigenvalue weighted by Gasteiger charge is 2.19. The van der Waals surface area contributed by atoms with Crippen molar-refractivity contribution in [2.45, 2.75) is 52.1 Å². The summed E-state index contributed by atoms with van der Waals surface area (Å²) in [6, 6.07) is 8.85. The van der Waals surface area contributed by atoms with Crippen molar-refractivity contribution in [2.75, 3.05) is 7.05 Å². The van der Waals surface area contributed by atoms with Crippen molar-refractivity contribution >= 4 is 5.97 Å². The van der Waals surface area contributed by atoms with Gasteiger partial charge < -0.3 is 5.11 Å². The maximum atomic E-state index is 10.8. The Labute approximate surface area is 116 Å². The van der Waals surface area contributed by atoms with E-state index in [0.717, 1.165) is 0 Å². The van der Waals surface area contributed by atoms with Gasteiger partial charge in [0.15, 0.2) is 0 Å². The van der Waals surface area contributed by atoms with Crippen LogP contribution in [0, 0.1) is 0 Å². The lowest BCUT2D eigenvalue weighted by atomic mass is 9.98. The number of hydrogen-bond donors (Lipinski definition) is 1. The SMILES string of the molecule is CC(C)c1ccc(C(C)N(C)C(C)CC(=O)O)cc1. The van der Waals surface area contributed by atoms with Gasteiger partial charge in [0, 0.05) is 12.1 Å². The quantitative estimate of drug-likeness (QED) is 0.851. The molecule has 2 unspecified atom stereocenters. The highest BCUT2D eigenvalue weighted by atomic mass is 16.4. The minimum atomic E-state index is -0.748. The second kappa shape index (κ2) is 6.71. The molecule has 0 heterocycles. The lowest BCUT2D eigenvalue weighted by molar-refractivity contribution is -0.138. The van der Waals surface area contributed by atoms with E-state index in [1.54, 1.807) is 0 Å².